The highest BCUT2D eigenvalue weighted by Crippen LogP contribution is 2.33. The summed E-state index contributed by atoms with van der Waals surface area (Å²) in [5.41, 5.74) is 1.32. The minimum atomic E-state index is -1.51. The number of pyridine rings is 1. The number of tetrazole rings is 1. The number of ether oxygens (including phenoxy) is 2. The first-order valence-corrected chi connectivity index (χ1v) is 15.9. The molecule has 1 amide bonds. The van der Waals surface area contributed by atoms with Crippen LogP contribution in [0.4, 0.5) is 0 Å². The lowest BCUT2D eigenvalue weighted by Crippen LogP contribution is -2.62. The Balaban J connectivity index is 1.37. The fourth-order valence-corrected chi connectivity index (χ4v) is 5.50. The van der Waals surface area contributed by atoms with E-state index in [1.165, 1.54) is 15.8 Å². The molecule has 1 saturated heterocycles. The van der Waals surface area contributed by atoms with Crippen molar-refractivity contribution in [3.05, 3.63) is 84.2 Å². The van der Waals surface area contributed by atoms with Gasteiger partial charge >= 0.3 is 11.9 Å². The molecule has 13 nitrogen and oxygen atoms in total. The maximum Gasteiger partial charge on any atom is 0.350 e. The molecule has 1 N–H and O–H groups in total. The zero-order chi connectivity index (χ0) is 34.3. The number of nitrogens with zero attached hydrogens (tertiary/aromatic N) is 6. The molecule has 4 aromatic rings. The summed E-state index contributed by atoms with van der Waals surface area (Å²) in [6.45, 7) is 6.99. The van der Waals surface area contributed by atoms with Crippen molar-refractivity contribution < 1.29 is 28.7 Å². The molecule has 1 fully saturated rings. The number of carbonyl (C=O) groups excluding carboxylic acids is 4. The van der Waals surface area contributed by atoms with Gasteiger partial charge in [-0.05, 0) is 79.3 Å². The number of hydrogen-bond acceptors (Lipinski definition) is 11. The Hall–Kier alpha value is -5.30. The molecular weight excluding hydrogens is 614 g/mol. The van der Waals surface area contributed by atoms with Gasteiger partial charge in [0.2, 0.25) is 12.7 Å². The number of nitrogens with one attached hydrogen (secondary N) is 1. The zero-order valence-electron chi connectivity index (χ0n) is 27.5. The van der Waals surface area contributed by atoms with Crippen LogP contribution >= 0.6 is 0 Å². The van der Waals surface area contributed by atoms with Crippen LogP contribution in [0.1, 0.15) is 74.1 Å². The predicted octanol–water partition coefficient (Wildman–Crippen LogP) is 4.65. The number of hydrogen-bond donors (Lipinski definition) is 1. The molecule has 1 aliphatic heterocycles. The summed E-state index contributed by atoms with van der Waals surface area (Å²) in [5.74, 6) is -1.43. The van der Waals surface area contributed by atoms with Crippen LogP contribution in [0, 0.1) is 5.41 Å². The quantitative estimate of drug-likeness (QED) is 0.136. The second-order valence-electron chi connectivity index (χ2n) is 12.5. The van der Waals surface area contributed by atoms with Gasteiger partial charge in [-0.15, -0.1) is 5.10 Å². The Labute approximate surface area is 278 Å². The monoisotopic (exact) mass is 653 g/mol. The summed E-state index contributed by atoms with van der Waals surface area (Å²) in [5, 5.41) is 15.1. The number of carbonyl (C=O) groups is 4. The second-order valence-corrected chi connectivity index (χ2v) is 12.5. The molecule has 0 aliphatic carbocycles. The molecular formula is C35H39N7O6. The number of likely N-dealkylation sites (tertiary alicyclic amines) is 1. The largest absolute Gasteiger partial charge is 0.427 e. The standard InChI is InChI=1S/C35H39N7O6/c1-5-10-29(43)42-30(38-39-40-42)28-13-7-6-12-27(28)25-16-14-24(15-17-25)21-37-35(33(46)48-23-47-32(45)34(2,3)4)18-9-20-41(35)31(44)26-11-8-19-36-22-26/h6-8,11-17,19,22,37H,5,9-10,18,20-21,23H2,1-4H3. The van der Waals surface area contributed by atoms with Crippen molar-refractivity contribution in [2.24, 2.45) is 5.41 Å². The van der Waals surface area contributed by atoms with Crippen molar-refractivity contribution in [3.8, 4) is 22.5 Å². The normalized spacial score (nSPS) is 16.0. The van der Waals surface area contributed by atoms with Gasteiger partial charge in [-0.3, -0.25) is 24.7 Å². The highest BCUT2D eigenvalue weighted by molar-refractivity contribution is 5.98. The molecule has 2 aromatic heterocycles. The molecule has 13 heteroatoms. The van der Waals surface area contributed by atoms with E-state index in [2.05, 4.69) is 25.8 Å². The third-order valence-electron chi connectivity index (χ3n) is 8.05. The van der Waals surface area contributed by atoms with Crippen molar-refractivity contribution in [2.75, 3.05) is 13.3 Å². The first-order chi connectivity index (χ1) is 23.0. The first kappa shape index (κ1) is 34.0. The van der Waals surface area contributed by atoms with Crippen molar-refractivity contribution in [1.82, 2.24) is 35.4 Å². The van der Waals surface area contributed by atoms with Gasteiger partial charge in [-0.25, -0.2) is 4.79 Å². The van der Waals surface area contributed by atoms with Crippen molar-refractivity contribution >= 4 is 23.8 Å². The van der Waals surface area contributed by atoms with E-state index in [9.17, 15) is 19.2 Å². The molecule has 0 radical (unpaired) electrons. The minimum absolute atomic E-state index is 0.184. The lowest BCUT2D eigenvalue weighted by atomic mass is 9.98. The van der Waals surface area contributed by atoms with E-state index in [0.717, 1.165) is 16.7 Å². The van der Waals surface area contributed by atoms with Crippen molar-refractivity contribution in [3.63, 3.8) is 0 Å². The summed E-state index contributed by atoms with van der Waals surface area (Å²) >= 11 is 0. The molecule has 48 heavy (non-hydrogen) atoms. The molecule has 0 saturated carbocycles. The lowest BCUT2D eigenvalue weighted by Gasteiger charge is -2.37. The van der Waals surface area contributed by atoms with Crippen molar-refractivity contribution in [1.29, 1.82) is 0 Å². The van der Waals surface area contributed by atoms with E-state index in [-0.39, 0.29) is 18.4 Å². The van der Waals surface area contributed by atoms with E-state index in [4.69, 9.17) is 9.47 Å². The second kappa shape index (κ2) is 14.6. The molecule has 3 heterocycles. The lowest BCUT2D eigenvalue weighted by molar-refractivity contribution is -0.180. The molecule has 5 rings (SSSR count). The van der Waals surface area contributed by atoms with Gasteiger partial charge in [0, 0.05) is 37.5 Å². The van der Waals surface area contributed by atoms with E-state index in [1.807, 2.05) is 55.5 Å². The molecule has 1 aliphatic rings. The minimum Gasteiger partial charge on any atom is -0.427 e. The van der Waals surface area contributed by atoms with Crippen LogP contribution in [0.3, 0.4) is 0 Å². The summed E-state index contributed by atoms with van der Waals surface area (Å²) in [7, 11) is 0. The van der Waals surface area contributed by atoms with Gasteiger partial charge in [-0.2, -0.15) is 4.68 Å². The highest BCUT2D eigenvalue weighted by Gasteiger charge is 2.51. The average molecular weight is 654 g/mol. The predicted molar refractivity (Wildman–Crippen MR) is 175 cm³/mol. The number of benzene rings is 2. The molecule has 1 unspecified atom stereocenters. The highest BCUT2D eigenvalue weighted by atomic mass is 16.7. The maximum absolute atomic E-state index is 13.7. The number of amides is 1. The Bertz CT molecular complexity index is 1770. The average Bonchev–Trinajstić information content (AvgIpc) is 3.76. The van der Waals surface area contributed by atoms with Crippen molar-refractivity contribution in [2.45, 2.75) is 65.6 Å². The van der Waals surface area contributed by atoms with Crippen LogP contribution < -0.4 is 5.32 Å². The van der Waals surface area contributed by atoms with Gasteiger partial charge in [0.1, 0.15) is 0 Å². The van der Waals surface area contributed by atoms with E-state index >= 15 is 0 Å². The van der Waals surface area contributed by atoms with Gasteiger partial charge in [0.05, 0.1) is 11.0 Å². The van der Waals surface area contributed by atoms with Crippen LogP contribution in [-0.4, -0.2) is 72.8 Å². The Kier molecular flexibility index (Phi) is 10.4. The van der Waals surface area contributed by atoms with E-state index < -0.39 is 29.8 Å². The van der Waals surface area contributed by atoms with E-state index in [0.29, 0.717) is 49.2 Å². The maximum atomic E-state index is 13.7. The third-order valence-corrected chi connectivity index (χ3v) is 8.05. The summed E-state index contributed by atoms with van der Waals surface area (Å²) in [4.78, 5) is 57.8. The van der Waals surface area contributed by atoms with Crippen LogP contribution in [-0.2, 0) is 25.6 Å². The number of esters is 2. The molecule has 0 spiro atoms. The van der Waals surface area contributed by atoms with Gasteiger partial charge in [0.25, 0.3) is 5.91 Å². The van der Waals surface area contributed by atoms with Crippen LogP contribution in [0.15, 0.2) is 73.1 Å². The fourth-order valence-electron chi connectivity index (χ4n) is 5.50. The van der Waals surface area contributed by atoms with Gasteiger partial charge in [-0.1, -0.05) is 55.5 Å². The van der Waals surface area contributed by atoms with Crippen LogP contribution in [0.2, 0.25) is 0 Å². The molecule has 2 aromatic carbocycles. The number of rotatable bonds is 11. The Morgan fingerprint density at radius 1 is 0.958 bits per heavy atom. The van der Waals surface area contributed by atoms with Gasteiger partial charge in [0.15, 0.2) is 11.5 Å². The smallest absolute Gasteiger partial charge is 0.350 e. The number of aromatic nitrogens is 5. The molecule has 0 bridgehead atoms. The van der Waals surface area contributed by atoms with E-state index in [1.54, 1.807) is 39.1 Å². The van der Waals surface area contributed by atoms with Crippen LogP contribution in [0.25, 0.3) is 22.5 Å². The fraction of sp³-hybridized carbons (Fsp3) is 0.371. The SMILES string of the molecule is CCCC(=O)n1nnnc1-c1ccccc1-c1ccc(CNC2(C(=O)OCOC(=O)C(C)(C)C)CCCN2C(=O)c2cccnc2)cc1. The van der Waals surface area contributed by atoms with Gasteiger partial charge < -0.3 is 14.4 Å². The summed E-state index contributed by atoms with van der Waals surface area (Å²) in [6, 6.07) is 18.6. The summed E-state index contributed by atoms with van der Waals surface area (Å²) in [6.07, 6.45) is 4.86. The van der Waals surface area contributed by atoms with Crippen LogP contribution in [0.5, 0.6) is 0 Å². The molecule has 1 atom stereocenters. The Morgan fingerprint density at radius 3 is 2.40 bits per heavy atom. The topological polar surface area (TPSA) is 158 Å². The Morgan fingerprint density at radius 2 is 1.71 bits per heavy atom. The molecule has 250 valence electrons. The summed E-state index contributed by atoms with van der Waals surface area (Å²) < 4.78 is 11.9. The first-order valence-electron chi connectivity index (χ1n) is 15.9. The zero-order valence-corrected chi connectivity index (χ0v) is 27.5. The third kappa shape index (κ3) is 7.31.